The van der Waals surface area contributed by atoms with Gasteiger partial charge in [-0.3, -0.25) is 0 Å². The van der Waals surface area contributed by atoms with E-state index in [1.165, 1.54) is 30.6 Å². The van der Waals surface area contributed by atoms with E-state index in [2.05, 4.69) is 9.72 Å². The number of aryl methyl sites for hydroxylation is 3. The normalized spacial score (nSPS) is 11.5. The zero-order valence-electron chi connectivity index (χ0n) is 18.0. The number of ether oxygens (including phenoxy) is 2. The minimum Gasteiger partial charge on any atom is -0.482 e. The van der Waals surface area contributed by atoms with Crippen LogP contribution in [0.25, 0.3) is 10.6 Å². The molecule has 0 atom stereocenters. The van der Waals surface area contributed by atoms with E-state index in [0.717, 1.165) is 38.7 Å². The highest BCUT2D eigenvalue weighted by molar-refractivity contribution is 7.98. The van der Waals surface area contributed by atoms with Crippen molar-refractivity contribution in [3.8, 4) is 16.3 Å². The van der Waals surface area contributed by atoms with Gasteiger partial charge in [-0.25, -0.2) is 9.78 Å². The van der Waals surface area contributed by atoms with Crippen LogP contribution in [-0.4, -0.2) is 24.7 Å². The number of thiazole rings is 1. The summed E-state index contributed by atoms with van der Waals surface area (Å²) >= 11 is 3.15. The molecule has 0 aliphatic carbocycles. The van der Waals surface area contributed by atoms with Crippen LogP contribution in [0.15, 0.2) is 41.3 Å². The molecule has 0 saturated heterocycles. The van der Waals surface area contributed by atoms with Gasteiger partial charge in [-0.2, -0.15) is 13.2 Å². The molecule has 170 valence electrons. The van der Waals surface area contributed by atoms with Crippen molar-refractivity contribution in [2.45, 2.75) is 37.6 Å². The average molecular weight is 482 g/mol. The quantitative estimate of drug-likeness (QED) is 0.281. The molecule has 0 bridgehead atoms. The van der Waals surface area contributed by atoms with Gasteiger partial charge in [0.1, 0.15) is 10.8 Å². The molecule has 32 heavy (non-hydrogen) atoms. The molecule has 3 rings (SSSR count). The van der Waals surface area contributed by atoms with E-state index in [0.29, 0.717) is 22.1 Å². The van der Waals surface area contributed by atoms with Gasteiger partial charge in [-0.05, 0) is 56.2 Å². The summed E-state index contributed by atoms with van der Waals surface area (Å²) in [6, 6.07) is 8.84. The number of carbonyl (C=O) groups is 1. The Bertz CT molecular complexity index is 1090. The van der Waals surface area contributed by atoms with Crippen LogP contribution in [0.3, 0.4) is 0 Å². The van der Waals surface area contributed by atoms with Crippen LogP contribution in [0, 0.1) is 20.8 Å². The number of thioether (sulfide) groups is 1. The Labute approximate surface area is 192 Å². The van der Waals surface area contributed by atoms with E-state index in [1.54, 1.807) is 11.8 Å². The van der Waals surface area contributed by atoms with Crippen LogP contribution in [0.5, 0.6) is 5.75 Å². The predicted octanol–water partition coefficient (Wildman–Crippen LogP) is 6.60. The number of hydrogen-bond acceptors (Lipinski definition) is 6. The molecule has 0 aliphatic rings. The first-order valence-electron chi connectivity index (χ1n) is 9.66. The fraction of sp³-hybridized carbons (Fsp3) is 0.304. The molecule has 9 heteroatoms. The highest BCUT2D eigenvalue weighted by Crippen LogP contribution is 2.37. The number of alkyl halides is 3. The summed E-state index contributed by atoms with van der Waals surface area (Å²) in [6.07, 6.45) is -4.35. The number of carbonyl (C=O) groups excluding carboxylic acids is 1. The van der Waals surface area contributed by atoms with E-state index < -0.39 is 17.7 Å². The van der Waals surface area contributed by atoms with Crippen LogP contribution in [0.4, 0.5) is 13.2 Å². The third-order valence-electron chi connectivity index (χ3n) is 4.72. The summed E-state index contributed by atoms with van der Waals surface area (Å²) in [5.41, 5.74) is 2.92. The summed E-state index contributed by atoms with van der Waals surface area (Å²) in [4.78, 5) is 18.0. The lowest BCUT2D eigenvalue weighted by Crippen LogP contribution is -2.12. The second-order valence-electron chi connectivity index (χ2n) is 7.14. The van der Waals surface area contributed by atoms with Crippen LogP contribution >= 0.6 is 23.1 Å². The molecular formula is C23H22F3NO3S2. The summed E-state index contributed by atoms with van der Waals surface area (Å²) in [5.74, 6) is 0.852. The van der Waals surface area contributed by atoms with Gasteiger partial charge in [0.05, 0.1) is 18.4 Å². The lowest BCUT2D eigenvalue weighted by atomic mass is 10.1. The molecule has 0 radical (unpaired) electrons. The van der Waals surface area contributed by atoms with Gasteiger partial charge >= 0.3 is 12.1 Å². The molecule has 1 heterocycles. The number of esters is 1. The second kappa shape index (κ2) is 9.95. The Balaban J connectivity index is 1.71. The average Bonchev–Trinajstić information content (AvgIpc) is 3.11. The molecule has 0 N–H and O–H groups in total. The Kier molecular flexibility index (Phi) is 7.51. The number of hydrogen-bond donors (Lipinski definition) is 0. The first kappa shape index (κ1) is 24.1. The maximum absolute atomic E-state index is 12.8. The van der Waals surface area contributed by atoms with Crippen LogP contribution in [0.2, 0.25) is 0 Å². The van der Waals surface area contributed by atoms with Crippen molar-refractivity contribution < 1.29 is 27.4 Å². The highest BCUT2D eigenvalue weighted by atomic mass is 32.2. The van der Waals surface area contributed by atoms with Crippen LogP contribution < -0.4 is 4.74 Å². The van der Waals surface area contributed by atoms with Gasteiger partial charge in [0.15, 0.2) is 6.61 Å². The molecular weight excluding hydrogens is 459 g/mol. The third-order valence-corrected chi connectivity index (χ3v) is 7.47. The van der Waals surface area contributed by atoms with Gasteiger partial charge in [0.2, 0.25) is 0 Å². The Morgan fingerprint density at radius 3 is 2.28 bits per heavy atom. The van der Waals surface area contributed by atoms with Crippen LogP contribution in [0.1, 0.15) is 27.3 Å². The lowest BCUT2D eigenvalue weighted by molar-refractivity contribution is -0.143. The number of nitrogens with zero attached hydrogens (tertiary/aromatic N) is 1. The van der Waals surface area contributed by atoms with Gasteiger partial charge in [-0.15, -0.1) is 23.1 Å². The monoisotopic (exact) mass is 481 g/mol. The molecule has 3 aromatic rings. The topological polar surface area (TPSA) is 48.4 Å². The van der Waals surface area contributed by atoms with Gasteiger partial charge in [0.25, 0.3) is 0 Å². The SMILES string of the molecule is COC(=O)COc1cc(C)c(SCc2sc(-c3ccc(C(F)(F)F)cc3)nc2C)c(C)c1. The number of benzene rings is 2. The van der Waals surface area contributed by atoms with Crippen molar-refractivity contribution in [1.29, 1.82) is 0 Å². The number of rotatable bonds is 7. The van der Waals surface area contributed by atoms with Crippen molar-refractivity contribution >= 4 is 29.1 Å². The van der Waals surface area contributed by atoms with Crippen LogP contribution in [-0.2, 0) is 21.5 Å². The van der Waals surface area contributed by atoms with Crippen molar-refractivity contribution in [2.75, 3.05) is 13.7 Å². The molecule has 2 aromatic carbocycles. The van der Waals surface area contributed by atoms with Gasteiger partial charge < -0.3 is 9.47 Å². The first-order valence-corrected chi connectivity index (χ1v) is 11.5. The van der Waals surface area contributed by atoms with E-state index >= 15 is 0 Å². The van der Waals surface area contributed by atoms with Gasteiger partial charge in [-0.1, -0.05) is 12.1 Å². The predicted molar refractivity (Wildman–Crippen MR) is 120 cm³/mol. The molecule has 0 amide bonds. The maximum atomic E-state index is 12.8. The second-order valence-corrected chi connectivity index (χ2v) is 9.21. The Hall–Kier alpha value is -2.52. The van der Waals surface area contributed by atoms with Gasteiger partial charge in [0, 0.05) is 21.1 Å². The third kappa shape index (κ3) is 5.83. The number of methoxy groups -OCH3 is 1. The lowest BCUT2D eigenvalue weighted by Gasteiger charge is -2.12. The molecule has 0 spiro atoms. The largest absolute Gasteiger partial charge is 0.482 e. The van der Waals surface area contributed by atoms with E-state index in [1.807, 2.05) is 32.9 Å². The zero-order valence-corrected chi connectivity index (χ0v) is 19.6. The molecule has 0 unspecified atom stereocenters. The molecule has 0 fully saturated rings. The minimum absolute atomic E-state index is 0.144. The molecule has 1 aromatic heterocycles. The van der Waals surface area contributed by atoms with E-state index in [9.17, 15) is 18.0 Å². The van der Waals surface area contributed by atoms with Crippen molar-refractivity contribution in [2.24, 2.45) is 0 Å². The Morgan fingerprint density at radius 2 is 1.72 bits per heavy atom. The van der Waals surface area contributed by atoms with Crippen molar-refractivity contribution in [3.05, 3.63) is 63.7 Å². The molecule has 0 saturated carbocycles. The first-order chi connectivity index (χ1) is 15.1. The fourth-order valence-electron chi connectivity index (χ4n) is 3.05. The highest BCUT2D eigenvalue weighted by Gasteiger charge is 2.30. The summed E-state index contributed by atoms with van der Waals surface area (Å²) in [5, 5.41) is 0.701. The summed E-state index contributed by atoms with van der Waals surface area (Å²) in [6.45, 7) is 5.72. The van der Waals surface area contributed by atoms with Crippen molar-refractivity contribution in [3.63, 3.8) is 0 Å². The van der Waals surface area contributed by atoms with E-state index in [4.69, 9.17) is 4.74 Å². The minimum atomic E-state index is -4.35. The fourth-order valence-corrected chi connectivity index (χ4v) is 5.38. The number of aromatic nitrogens is 1. The van der Waals surface area contributed by atoms with E-state index in [-0.39, 0.29) is 6.61 Å². The summed E-state index contributed by atoms with van der Waals surface area (Å²) < 4.78 is 48.4. The smallest absolute Gasteiger partial charge is 0.416 e. The summed E-state index contributed by atoms with van der Waals surface area (Å²) in [7, 11) is 1.31. The number of halogens is 3. The molecule has 0 aliphatic heterocycles. The maximum Gasteiger partial charge on any atom is 0.416 e. The van der Waals surface area contributed by atoms with Crippen molar-refractivity contribution in [1.82, 2.24) is 4.98 Å². The molecule has 4 nitrogen and oxygen atoms in total. The standard InChI is InChI=1S/C23H22F3NO3S2/c1-13-9-18(30-11-20(28)29-4)10-14(2)21(13)31-12-19-15(3)27-22(32-19)16-5-7-17(8-6-16)23(24,25)26/h5-10H,11-12H2,1-4H3. The Morgan fingerprint density at radius 1 is 1.09 bits per heavy atom. The zero-order chi connectivity index (χ0) is 23.5.